The van der Waals surface area contributed by atoms with Gasteiger partial charge in [0.1, 0.15) is 0 Å². The lowest BCUT2D eigenvalue weighted by atomic mass is 10.0. The Labute approximate surface area is 113 Å². The van der Waals surface area contributed by atoms with E-state index in [1.165, 1.54) is 0 Å². The van der Waals surface area contributed by atoms with Gasteiger partial charge in [-0.25, -0.2) is 13.2 Å². The van der Waals surface area contributed by atoms with E-state index in [1.54, 1.807) is 24.3 Å². The molecule has 2 aromatic rings. The number of hydrogen-bond donors (Lipinski definition) is 1. The molecule has 2 aromatic carbocycles. The third-order valence-electron chi connectivity index (χ3n) is 2.76. The highest BCUT2D eigenvalue weighted by molar-refractivity contribution is 6.31. The van der Waals surface area contributed by atoms with Gasteiger partial charge in [-0.1, -0.05) is 29.8 Å². The minimum Gasteiger partial charge on any atom is -0.388 e. The normalized spacial score (nSPS) is 12.5. The Kier molecular flexibility index (Phi) is 4.12. The summed E-state index contributed by atoms with van der Waals surface area (Å²) in [7, 11) is 0. The summed E-state index contributed by atoms with van der Waals surface area (Å²) in [5, 5.41) is 10.4. The van der Waals surface area contributed by atoms with Crippen molar-refractivity contribution in [2.45, 2.75) is 12.5 Å². The van der Waals surface area contributed by atoms with Crippen molar-refractivity contribution in [3.63, 3.8) is 0 Å². The second kappa shape index (κ2) is 5.63. The Morgan fingerprint density at radius 1 is 1.05 bits per heavy atom. The lowest BCUT2D eigenvalue weighted by Gasteiger charge is -2.12. The van der Waals surface area contributed by atoms with Crippen LogP contribution in [0.15, 0.2) is 36.4 Å². The van der Waals surface area contributed by atoms with Crippen LogP contribution >= 0.6 is 11.6 Å². The van der Waals surface area contributed by atoms with E-state index in [-0.39, 0.29) is 12.0 Å². The summed E-state index contributed by atoms with van der Waals surface area (Å²) in [6, 6.07) is 8.37. The molecular weight excluding hydrogens is 277 g/mol. The molecule has 1 unspecified atom stereocenters. The molecule has 19 heavy (non-hydrogen) atoms. The van der Waals surface area contributed by atoms with Crippen LogP contribution in [0.25, 0.3) is 0 Å². The molecule has 0 fully saturated rings. The molecule has 0 spiro atoms. The molecule has 100 valence electrons. The van der Waals surface area contributed by atoms with Crippen LogP contribution in [0, 0.1) is 17.5 Å². The zero-order valence-electron chi connectivity index (χ0n) is 9.71. The second-order valence-electron chi connectivity index (χ2n) is 4.11. The van der Waals surface area contributed by atoms with Crippen LogP contribution in [0.5, 0.6) is 0 Å². The van der Waals surface area contributed by atoms with Gasteiger partial charge in [-0.15, -0.1) is 0 Å². The molecule has 0 saturated carbocycles. The largest absolute Gasteiger partial charge is 0.388 e. The Bertz CT molecular complexity index is 578. The van der Waals surface area contributed by atoms with E-state index in [4.69, 9.17) is 11.6 Å². The predicted octanol–water partition coefficient (Wildman–Crippen LogP) is 4.03. The Morgan fingerprint density at radius 2 is 1.63 bits per heavy atom. The fraction of sp³-hybridized carbons (Fsp3) is 0.143. The first-order valence-electron chi connectivity index (χ1n) is 5.55. The number of rotatable bonds is 3. The molecule has 1 N–H and O–H groups in total. The van der Waals surface area contributed by atoms with Crippen molar-refractivity contribution in [2.24, 2.45) is 0 Å². The molecule has 0 aromatic heterocycles. The Morgan fingerprint density at radius 3 is 2.21 bits per heavy atom. The highest BCUT2D eigenvalue weighted by Crippen LogP contribution is 2.25. The van der Waals surface area contributed by atoms with Crippen LogP contribution in [-0.2, 0) is 6.42 Å². The summed E-state index contributed by atoms with van der Waals surface area (Å²) < 4.78 is 38.9. The molecule has 1 nitrogen and oxygen atoms in total. The third kappa shape index (κ3) is 3.08. The minimum atomic E-state index is -1.55. The highest BCUT2D eigenvalue weighted by atomic mass is 35.5. The van der Waals surface area contributed by atoms with Crippen LogP contribution in [0.2, 0.25) is 5.02 Å². The highest BCUT2D eigenvalue weighted by Gasteiger charge is 2.16. The SMILES string of the molecule is OC(Cc1ccccc1Cl)c1cc(F)c(F)c(F)c1. The van der Waals surface area contributed by atoms with Gasteiger partial charge >= 0.3 is 0 Å². The van der Waals surface area contributed by atoms with E-state index in [0.717, 1.165) is 12.1 Å². The molecule has 5 heteroatoms. The molecule has 0 amide bonds. The fourth-order valence-electron chi connectivity index (χ4n) is 1.76. The van der Waals surface area contributed by atoms with E-state index in [9.17, 15) is 18.3 Å². The van der Waals surface area contributed by atoms with Crippen LogP contribution in [0.3, 0.4) is 0 Å². The van der Waals surface area contributed by atoms with E-state index in [1.807, 2.05) is 0 Å². The molecule has 1 atom stereocenters. The van der Waals surface area contributed by atoms with Gasteiger partial charge < -0.3 is 5.11 Å². The van der Waals surface area contributed by atoms with E-state index in [2.05, 4.69) is 0 Å². The third-order valence-corrected chi connectivity index (χ3v) is 3.13. The fourth-order valence-corrected chi connectivity index (χ4v) is 1.97. The van der Waals surface area contributed by atoms with Crippen molar-refractivity contribution in [3.8, 4) is 0 Å². The van der Waals surface area contributed by atoms with Crippen LogP contribution in [0.4, 0.5) is 13.2 Å². The van der Waals surface area contributed by atoms with Gasteiger partial charge in [0.05, 0.1) is 6.10 Å². The smallest absolute Gasteiger partial charge is 0.194 e. The van der Waals surface area contributed by atoms with Crippen LogP contribution in [-0.4, -0.2) is 5.11 Å². The molecule has 0 aliphatic heterocycles. The maximum absolute atomic E-state index is 13.1. The molecule has 0 radical (unpaired) electrons. The number of halogens is 4. The summed E-state index contributed by atoms with van der Waals surface area (Å²) in [6.07, 6.45) is -1.08. The van der Waals surface area contributed by atoms with Gasteiger partial charge in [-0.3, -0.25) is 0 Å². The monoisotopic (exact) mass is 286 g/mol. The lowest BCUT2D eigenvalue weighted by Crippen LogP contribution is -2.05. The van der Waals surface area contributed by atoms with Gasteiger partial charge in [-0.2, -0.15) is 0 Å². The zero-order chi connectivity index (χ0) is 14.0. The van der Waals surface area contributed by atoms with Gasteiger partial charge in [-0.05, 0) is 29.3 Å². The molecule has 0 saturated heterocycles. The number of benzene rings is 2. The first-order chi connectivity index (χ1) is 8.99. The van der Waals surface area contributed by atoms with Crippen molar-refractivity contribution in [1.82, 2.24) is 0 Å². The zero-order valence-corrected chi connectivity index (χ0v) is 10.5. The number of hydrogen-bond acceptors (Lipinski definition) is 1. The number of aliphatic hydroxyl groups is 1. The quantitative estimate of drug-likeness (QED) is 0.845. The van der Waals surface area contributed by atoms with Gasteiger partial charge in [0.25, 0.3) is 0 Å². The average Bonchev–Trinajstić information content (AvgIpc) is 2.38. The van der Waals surface area contributed by atoms with Gasteiger partial charge in [0.2, 0.25) is 0 Å². The van der Waals surface area contributed by atoms with E-state index < -0.39 is 23.6 Å². The molecule has 2 rings (SSSR count). The molecule has 0 aliphatic carbocycles. The maximum atomic E-state index is 13.1. The predicted molar refractivity (Wildman–Crippen MR) is 66.4 cm³/mol. The maximum Gasteiger partial charge on any atom is 0.194 e. The van der Waals surface area contributed by atoms with Crippen molar-refractivity contribution in [2.75, 3.05) is 0 Å². The summed E-state index contributed by atoms with van der Waals surface area (Å²) in [5.41, 5.74) is 0.609. The molecule has 0 heterocycles. The van der Waals surface area contributed by atoms with E-state index >= 15 is 0 Å². The average molecular weight is 287 g/mol. The Hall–Kier alpha value is -1.52. The van der Waals surface area contributed by atoms with Crippen molar-refractivity contribution in [1.29, 1.82) is 0 Å². The Balaban J connectivity index is 2.26. The standard InChI is InChI=1S/C14H10ClF3O/c15-10-4-2-1-3-8(10)7-13(19)9-5-11(16)14(18)12(17)6-9/h1-6,13,19H,7H2. The van der Waals surface area contributed by atoms with Crippen molar-refractivity contribution < 1.29 is 18.3 Å². The topological polar surface area (TPSA) is 20.2 Å². The summed E-state index contributed by atoms with van der Waals surface area (Å²) in [4.78, 5) is 0. The number of aliphatic hydroxyl groups excluding tert-OH is 1. The first kappa shape index (κ1) is 13.9. The van der Waals surface area contributed by atoms with Gasteiger partial charge in [0, 0.05) is 11.4 Å². The van der Waals surface area contributed by atoms with Gasteiger partial charge in [0.15, 0.2) is 17.5 Å². The molecule has 0 bridgehead atoms. The lowest BCUT2D eigenvalue weighted by molar-refractivity contribution is 0.177. The van der Waals surface area contributed by atoms with Crippen LogP contribution < -0.4 is 0 Å². The second-order valence-corrected chi connectivity index (χ2v) is 4.52. The minimum absolute atomic E-state index is 0.0312. The summed E-state index contributed by atoms with van der Waals surface area (Å²) in [5.74, 6) is -4.20. The van der Waals surface area contributed by atoms with Crippen molar-refractivity contribution in [3.05, 3.63) is 70.0 Å². The summed E-state index contributed by atoms with van der Waals surface area (Å²) in [6.45, 7) is 0. The molecular formula is C14H10ClF3O. The first-order valence-corrected chi connectivity index (χ1v) is 5.92. The summed E-state index contributed by atoms with van der Waals surface area (Å²) >= 11 is 5.92. The molecule has 0 aliphatic rings. The van der Waals surface area contributed by atoms with Crippen molar-refractivity contribution >= 4 is 11.6 Å². The van der Waals surface area contributed by atoms with Crippen LogP contribution in [0.1, 0.15) is 17.2 Å². The van der Waals surface area contributed by atoms with E-state index in [0.29, 0.717) is 10.6 Å².